The van der Waals surface area contributed by atoms with E-state index < -0.39 is 0 Å². The molecule has 0 aliphatic carbocycles. The summed E-state index contributed by atoms with van der Waals surface area (Å²) in [5, 5.41) is 8.83. The Morgan fingerprint density at radius 3 is 2.04 bits per heavy atom. The molecule has 3 heterocycles. The van der Waals surface area contributed by atoms with E-state index in [1.54, 1.807) is 6.33 Å². The molecule has 1 saturated heterocycles. The van der Waals surface area contributed by atoms with Crippen molar-refractivity contribution >= 4 is 17.5 Å². The van der Waals surface area contributed by atoms with E-state index in [4.69, 9.17) is 0 Å². The van der Waals surface area contributed by atoms with Crippen molar-refractivity contribution in [3.05, 3.63) is 30.2 Å². The molecule has 1 aliphatic rings. The van der Waals surface area contributed by atoms with Gasteiger partial charge in [-0.1, -0.05) is 20.8 Å². The summed E-state index contributed by atoms with van der Waals surface area (Å²) in [5.41, 5.74) is 1.05. The van der Waals surface area contributed by atoms with Crippen molar-refractivity contribution in [1.82, 2.24) is 20.2 Å². The molecule has 134 valence electrons. The Labute approximate surface area is 149 Å². The van der Waals surface area contributed by atoms with Crippen molar-refractivity contribution in [3.8, 4) is 0 Å². The minimum Gasteiger partial charge on any atom is -0.363 e. The predicted octanol–water partition coefficient (Wildman–Crippen LogP) is 1.96. The third kappa shape index (κ3) is 3.97. The van der Waals surface area contributed by atoms with Gasteiger partial charge in [-0.2, -0.15) is 5.10 Å². The highest BCUT2D eigenvalue weighted by Gasteiger charge is 2.21. The second-order valence-electron chi connectivity index (χ2n) is 7.63. The summed E-state index contributed by atoms with van der Waals surface area (Å²) < 4.78 is 0. The SMILES string of the molecule is CN(C)c1cc(N2CCN(c3ccc(C(C)(C)C)nn3)CC2)ncn1. The Morgan fingerprint density at radius 2 is 1.52 bits per heavy atom. The molecule has 0 N–H and O–H groups in total. The van der Waals surface area contributed by atoms with E-state index >= 15 is 0 Å². The van der Waals surface area contributed by atoms with E-state index in [1.165, 1.54) is 0 Å². The van der Waals surface area contributed by atoms with Crippen LogP contribution in [-0.4, -0.2) is 60.4 Å². The second-order valence-corrected chi connectivity index (χ2v) is 7.63. The third-order valence-corrected chi connectivity index (χ3v) is 4.44. The molecule has 7 heteroatoms. The van der Waals surface area contributed by atoms with Crippen molar-refractivity contribution in [3.63, 3.8) is 0 Å². The lowest BCUT2D eigenvalue weighted by Crippen LogP contribution is -2.47. The largest absolute Gasteiger partial charge is 0.363 e. The van der Waals surface area contributed by atoms with Gasteiger partial charge in [-0.3, -0.25) is 0 Å². The Balaban J connectivity index is 1.65. The molecule has 2 aromatic heterocycles. The predicted molar refractivity (Wildman–Crippen MR) is 102 cm³/mol. The molecule has 0 bridgehead atoms. The molecule has 3 rings (SSSR count). The van der Waals surface area contributed by atoms with E-state index in [9.17, 15) is 0 Å². The molecule has 0 atom stereocenters. The van der Waals surface area contributed by atoms with Crippen LogP contribution in [0.4, 0.5) is 17.5 Å². The van der Waals surface area contributed by atoms with Gasteiger partial charge in [-0.25, -0.2) is 9.97 Å². The number of nitrogens with zero attached hydrogens (tertiary/aromatic N) is 7. The van der Waals surface area contributed by atoms with Crippen molar-refractivity contribution in [2.45, 2.75) is 26.2 Å². The van der Waals surface area contributed by atoms with Crippen LogP contribution in [0.1, 0.15) is 26.5 Å². The highest BCUT2D eigenvalue weighted by molar-refractivity contribution is 5.51. The fraction of sp³-hybridized carbons (Fsp3) is 0.556. The molecule has 0 amide bonds. The Morgan fingerprint density at radius 1 is 0.880 bits per heavy atom. The van der Waals surface area contributed by atoms with Gasteiger partial charge in [-0.05, 0) is 12.1 Å². The molecule has 25 heavy (non-hydrogen) atoms. The number of anilines is 3. The molecule has 0 radical (unpaired) electrons. The van der Waals surface area contributed by atoms with Gasteiger partial charge in [0.25, 0.3) is 0 Å². The first-order valence-corrected chi connectivity index (χ1v) is 8.68. The topological polar surface area (TPSA) is 61.3 Å². The summed E-state index contributed by atoms with van der Waals surface area (Å²) in [7, 11) is 3.98. The van der Waals surface area contributed by atoms with Crippen LogP contribution in [-0.2, 0) is 5.41 Å². The highest BCUT2D eigenvalue weighted by Crippen LogP contribution is 2.22. The summed E-state index contributed by atoms with van der Waals surface area (Å²) in [4.78, 5) is 15.3. The van der Waals surface area contributed by atoms with E-state index in [0.717, 1.165) is 49.3 Å². The fourth-order valence-corrected chi connectivity index (χ4v) is 2.81. The first-order valence-electron chi connectivity index (χ1n) is 8.68. The van der Waals surface area contributed by atoms with E-state index in [-0.39, 0.29) is 5.41 Å². The van der Waals surface area contributed by atoms with Gasteiger partial charge < -0.3 is 14.7 Å². The van der Waals surface area contributed by atoms with Crippen LogP contribution in [0.25, 0.3) is 0 Å². The van der Waals surface area contributed by atoms with E-state index in [0.29, 0.717) is 0 Å². The maximum absolute atomic E-state index is 4.43. The van der Waals surface area contributed by atoms with Gasteiger partial charge in [-0.15, -0.1) is 5.10 Å². The van der Waals surface area contributed by atoms with Crippen LogP contribution in [0.15, 0.2) is 24.5 Å². The fourth-order valence-electron chi connectivity index (χ4n) is 2.81. The van der Waals surface area contributed by atoms with Crippen LogP contribution in [0.5, 0.6) is 0 Å². The number of piperazine rings is 1. The normalized spacial score (nSPS) is 15.4. The van der Waals surface area contributed by atoms with Gasteiger partial charge in [0, 0.05) is 51.8 Å². The summed E-state index contributed by atoms with van der Waals surface area (Å²) in [6.07, 6.45) is 1.63. The standard InChI is InChI=1S/C18H27N7/c1-18(2,3)14-6-7-15(22-21-14)24-8-10-25(11-9-24)17-12-16(23(4)5)19-13-20-17/h6-7,12-13H,8-11H2,1-5H3. The minimum absolute atomic E-state index is 0.0292. The number of hydrogen-bond donors (Lipinski definition) is 0. The second kappa shape index (κ2) is 6.82. The first kappa shape index (κ1) is 17.4. The summed E-state index contributed by atoms with van der Waals surface area (Å²) in [6, 6.07) is 6.20. The monoisotopic (exact) mass is 341 g/mol. The average molecular weight is 341 g/mol. The maximum atomic E-state index is 4.43. The number of hydrogen-bond acceptors (Lipinski definition) is 7. The zero-order chi connectivity index (χ0) is 18.0. The molecule has 0 aromatic carbocycles. The summed E-state index contributed by atoms with van der Waals surface area (Å²) in [5.74, 6) is 2.85. The number of aromatic nitrogens is 4. The molecule has 1 fully saturated rings. The summed E-state index contributed by atoms with van der Waals surface area (Å²) in [6.45, 7) is 10.1. The Kier molecular flexibility index (Phi) is 4.74. The molecule has 7 nitrogen and oxygen atoms in total. The lowest BCUT2D eigenvalue weighted by atomic mass is 9.92. The van der Waals surface area contributed by atoms with Gasteiger partial charge in [0.15, 0.2) is 5.82 Å². The first-order chi connectivity index (χ1) is 11.8. The third-order valence-electron chi connectivity index (χ3n) is 4.44. The zero-order valence-electron chi connectivity index (χ0n) is 15.8. The van der Waals surface area contributed by atoms with Gasteiger partial charge in [0.05, 0.1) is 5.69 Å². The smallest absolute Gasteiger partial charge is 0.151 e. The van der Waals surface area contributed by atoms with Crippen LogP contribution in [0.2, 0.25) is 0 Å². The molecule has 0 unspecified atom stereocenters. The Hall–Kier alpha value is -2.44. The lowest BCUT2D eigenvalue weighted by molar-refractivity contribution is 0.556. The molecule has 2 aromatic rings. The van der Waals surface area contributed by atoms with Gasteiger partial charge in [0.2, 0.25) is 0 Å². The van der Waals surface area contributed by atoms with Crippen molar-refractivity contribution in [2.75, 3.05) is 55.0 Å². The quantitative estimate of drug-likeness (QED) is 0.845. The Bertz CT molecular complexity index is 698. The molecular formula is C18H27N7. The van der Waals surface area contributed by atoms with E-state index in [1.807, 2.05) is 25.1 Å². The van der Waals surface area contributed by atoms with Crippen molar-refractivity contribution < 1.29 is 0 Å². The lowest BCUT2D eigenvalue weighted by Gasteiger charge is -2.36. The van der Waals surface area contributed by atoms with Crippen LogP contribution in [0, 0.1) is 0 Å². The molecule has 0 spiro atoms. The van der Waals surface area contributed by atoms with Crippen LogP contribution in [0.3, 0.4) is 0 Å². The highest BCUT2D eigenvalue weighted by atomic mass is 15.3. The summed E-state index contributed by atoms with van der Waals surface area (Å²) >= 11 is 0. The average Bonchev–Trinajstić information content (AvgIpc) is 2.61. The van der Waals surface area contributed by atoms with Gasteiger partial charge >= 0.3 is 0 Å². The van der Waals surface area contributed by atoms with E-state index in [2.05, 4.69) is 62.9 Å². The van der Waals surface area contributed by atoms with Crippen molar-refractivity contribution in [2.24, 2.45) is 0 Å². The minimum atomic E-state index is 0.0292. The zero-order valence-corrected chi connectivity index (χ0v) is 15.8. The molecular weight excluding hydrogens is 314 g/mol. The molecule has 0 saturated carbocycles. The van der Waals surface area contributed by atoms with Gasteiger partial charge in [0.1, 0.15) is 18.0 Å². The van der Waals surface area contributed by atoms with Crippen LogP contribution < -0.4 is 14.7 Å². The van der Waals surface area contributed by atoms with Crippen molar-refractivity contribution in [1.29, 1.82) is 0 Å². The molecule has 1 aliphatic heterocycles. The number of rotatable bonds is 3. The maximum Gasteiger partial charge on any atom is 0.151 e. The van der Waals surface area contributed by atoms with Crippen LogP contribution >= 0.6 is 0 Å².